The zero-order chi connectivity index (χ0) is 28.3. The van der Waals surface area contributed by atoms with E-state index in [0.29, 0.717) is 30.8 Å². The minimum absolute atomic E-state index is 0.0226. The van der Waals surface area contributed by atoms with Gasteiger partial charge in [0.05, 0.1) is 17.8 Å². The predicted octanol–water partition coefficient (Wildman–Crippen LogP) is 4.12. The van der Waals surface area contributed by atoms with Crippen molar-refractivity contribution in [3.05, 3.63) is 71.6 Å². The Balaban J connectivity index is 1.13. The van der Waals surface area contributed by atoms with E-state index in [9.17, 15) is 14.7 Å². The maximum Gasteiger partial charge on any atom is 0.205 e. The third-order valence-corrected chi connectivity index (χ3v) is 11.5. The van der Waals surface area contributed by atoms with Gasteiger partial charge in [0.2, 0.25) is 5.78 Å². The molecule has 3 N–H and O–H groups in total. The summed E-state index contributed by atoms with van der Waals surface area (Å²) >= 11 is 0. The van der Waals surface area contributed by atoms with Crippen LogP contribution in [0.15, 0.2) is 60.5 Å². The topological polar surface area (TPSA) is 113 Å². The van der Waals surface area contributed by atoms with Crippen LogP contribution in [0.25, 0.3) is 0 Å². The average molecular weight is 557 g/mol. The standard InChI is InChI=1S/C33H36N2O6/c1-31-9-8-21(36)11-19(31)6-7-22-24-12-28-33(32(24,2)13-25(37)29(22)31)27(38)17-39-26-16-35(15-23(26)30(40-28)41-33)14-18-4-3-5-20(34)10-18/h3-5,8-11,15-16,22,24-25,28-30,37H,6-7,12-14,17,34H2,1-2H3/t22-,24-,25-,28+,29+,30+,31-,32-,33+/m0/s1. The number of aliphatic hydroxyl groups is 1. The second kappa shape index (κ2) is 8.43. The van der Waals surface area contributed by atoms with E-state index in [0.717, 1.165) is 29.5 Å². The van der Waals surface area contributed by atoms with Crippen LogP contribution >= 0.6 is 0 Å². The highest BCUT2D eigenvalue weighted by Crippen LogP contribution is 2.70. The molecule has 3 heterocycles. The first-order valence-electron chi connectivity index (χ1n) is 14.8. The number of rotatable bonds is 2. The quantitative estimate of drug-likeness (QED) is 0.535. The average Bonchev–Trinajstić information content (AvgIpc) is 3.57. The Morgan fingerprint density at radius 2 is 2.05 bits per heavy atom. The number of hydrogen-bond acceptors (Lipinski definition) is 7. The Bertz CT molecular complexity index is 1540. The summed E-state index contributed by atoms with van der Waals surface area (Å²) in [5.41, 5.74) is 7.48. The van der Waals surface area contributed by atoms with Crippen molar-refractivity contribution in [3.8, 4) is 5.75 Å². The minimum Gasteiger partial charge on any atom is -0.484 e. The highest BCUT2D eigenvalue weighted by molar-refractivity contribution is 6.01. The van der Waals surface area contributed by atoms with Crippen LogP contribution in [0, 0.1) is 28.6 Å². The number of allylic oxidation sites excluding steroid dienone is 4. The van der Waals surface area contributed by atoms with Crippen molar-refractivity contribution >= 4 is 17.3 Å². The van der Waals surface area contributed by atoms with Crippen LogP contribution in [0.5, 0.6) is 5.75 Å². The smallest absolute Gasteiger partial charge is 0.205 e. The molecule has 41 heavy (non-hydrogen) atoms. The van der Waals surface area contributed by atoms with Crippen LogP contribution in [-0.2, 0) is 25.6 Å². The largest absolute Gasteiger partial charge is 0.484 e. The number of nitrogens with zero attached hydrogens (tertiary/aromatic N) is 1. The number of ketones is 2. The lowest BCUT2D eigenvalue weighted by atomic mass is 9.46. The molecule has 8 nitrogen and oxygen atoms in total. The lowest BCUT2D eigenvalue weighted by Crippen LogP contribution is -2.63. The fourth-order valence-electron chi connectivity index (χ4n) is 9.75. The van der Waals surface area contributed by atoms with Gasteiger partial charge in [-0.2, -0.15) is 0 Å². The van der Waals surface area contributed by atoms with Gasteiger partial charge in [0.15, 0.2) is 17.7 Å². The second-order valence-electron chi connectivity index (χ2n) is 13.5. The zero-order valence-corrected chi connectivity index (χ0v) is 23.4. The van der Waals surface area contributed by atoms with Gasteiger partial charge in [-0.3, -0.25) is 9.59 Å². The first-order chi connectivity index (χ1) is 19.6. The van der Waals surface area contributed by atoms with Gasteiger partial charge in [-0.25, -0.2) is 0 Å². The fourth-order valence-corrected chi connectivity index (χ4v) is 9.75. The molecule has 2 aromatic rings. The number of Topliss-reactive ketones (excluding diaryl/α,β-unsaturated/α-hetero) is 1. The van der Waals surface area contributed by atoms with Crippen LogP contribution in [0.4, 0.5) is 5.69 Å². The van der Waals surface area contributed by atoms with Crippen LogP contribution in [0.1, 0.15) is 56.9 Å². The molecule has 8 heteroatoms. The molecule has 1 aromatic carbocycles. The summed E-state index contributed by atoms with van der Waals surface area (Å²) in [6.07, 6.45) is 10.3. The maximum atomic E-state index is 14.1. The lowest BCUT2D eigenvalue weighted by molar-refractivity contribution is -0.202. The number of nitrogen functional groups attached to an aromatic ring is 1. The number of ether oxygens (including phenoxy) is 3. The highest BCUT2D eigenvalue weighted by Gasteiger charge is 2.76. The molecule has 3 saturated carbocycles. The summed E-state index contributed by atoms with van der Waals surface area (Å²) in [4.78, 5) is 26.3. The zero-order valence-electron chi connectivity index (χ0n) is 23.4. The van der Waals surface area contributed by atoms with Crippen molar-refractivity contribution in [2.75, 3.05) is 12.3 Å². The monoisotopic (exact) mass is 556 g/mol. The SMILES string of the molecule is C[C@]12C=CC(=O)C=C1CC[C@@H]1[C@@H]2[C@@H](O)C[C@@]2(C)[C@H]1C[C@H]1O[C@@H]3O[C@]12C(=O)COc1cn(Cc2cccc(N)c2)cc13. The Morgan fingerprint density at radius 3 is 2.88 bits per heavy atom. The molecule has 4 fully saturated rings. The highest BCUT2D eigenvalue weighted by atomic mass is 16.7. The molecule has 2 aliphatic heterocycles. The summed E-state index contributed by atoms with van der Waals surface area (Å²) in [5.74, 6) is 0.801. The van der Waals surface area contributed by atoms with E-state index in [4.69, 9.17) is 19.9 Å². The molecule has 0 unspecified atom stereocenters. The van der Waals surface area contributed by atoms with E-state index >= 15 is 0 Å². The molecule has 8 rings (SSSR count). The molecule has 2 bridgehead atoms. The van der Waals surface area contributed by atoms with E-state index in [-0.39, 0.29) is 41.3 Å². The third kappa shape index (κ3) is 3.32. The van der Waals surface area contributed by atoms with Crippen molar-refractivity contribution in [3.63, 3.8) is 0 Å². The van der Waals surface area contributed by atoms with E-state index < -0.39 is 29.5 Å². The number of fused-ring (bicyclic) bond motifs is 8. The maximum absolute atomic E-state index is 14.1. The molecule has 6 aliphatic rings. The van der Waals surface area contributed by atoms with Crippen molar-refractivity contribution in [1.82, 2.24) is 4.57 Å². The van der Waals surface area contributed by atoms with Gasteiger partial charge in [0, 0.05) is 41.4 Å². The first kappa shape index (κ1) is 25.5. The molecule has 214 valence electrons. The molecule has 4 aliphatic carbocycles. The molecule has 9 atom stereocenters. The van der Waals surface area contributed by atoms with Gasteiger partial charge >= 0.3 is 0 Å². The predicted molar refractivity (Wildman–Crippen MR) is 150 cm³/mol. The number of carbonyl (C=O) groups is 2. The minimum atomic E-state index is -1.18. The normalized spacial score (nSPS) is 42.2. The summed E-state index contributed by atoms with van der Waals surface area (Å²) in [5, 5.41) is 11.8. The van der Waals surface area contributed by atoms with Gasteiger partial charge < -0.3 is 29.6 Å². The van der Waals surface area contributed by atoms with Crippen LogP contribution in [0.3, 0.4) is 0 Å². The van der Waals surface area contributed by atoms with Crippen molar-refractivity contribution in [2.45, 2.75) is 70.2 Å². The van der Waals surface area contributed by atoms with E-state index in [1.165, 1.54) is 0 Å². The Kier molecular flexibility index (Phi) is 5.24. The van der Waals surface area contributed by atoms with Crippen LogP contribution in [0.2, 0.25) is 0 Å². The van der Waals surface area contributed by atoms with Gasteiger partial charge in [-0.05, 0) is 67.4 Å². The number of hydrogen-bond donors (Lipinski definition) is 2. The van der Waals surface area contributed by atoms with E-state index in [1.807, 2.05) is 47.3 Å². The summed E-state index contributed by atoms with van der Waals surface area (Å²) < 4.78 is 21.6. The molecular formula is C33H36N2O6. The van der Waals surface area contributed by atoms with Crippen molar-refractivity contribution in [2.24, 2.45) is 28.6 Å². The van der Waals surface area contributed by atoms with E-state index in [2.05, 4.69) is 13.8 Å². The van der Waals surface area contributed by atoms with Gasteiger partial charge in [0.25, 0.3) is 0 Å². The molecule has 0 radical (unpaired) electrons. The van der Waals surface area contributed by atoms with Crippen LogP contribution < -0.4 is 10.5 Å². The fraction of sp³-hybridized carbons (Fsp3) is 0.515. The summed E-state index contributed by atoms with van der Waals surface area (Å²) in [6, 6.07) is 7.76. The van der Waals surface area contributed by atoms with Crippen LogP contribution in [-0.4, -0.2) is 45.7 Å². The number of anilines is 1. The molecular weight excluding hydrogens is 520 g/mol. The number of carbonyl (C=O) groups excluding carboxylic acids is 2. The number of benzene rings is 1. The first-order valence-corrected chi connectivity index (χ1v) is 14.8. The molecule has 1 saturated heterocycles. The second-order valence-corrected chi connectivity index (χ2v) is 13.5. The van der Waals surface area contributed by atoms with E-state index in [1.54, 1.807) is 12.2 Å². The van der Waals surface area contributed by atoms with Gasteiger partial charge in [-0.1, -0.05) is 37.6 Å². The van der Waals surface area contributed by atoms with Gasteiger partial charge in [0.1, 0.15) is 12.4 Å². The third-order valence-electron chi connectivity index (χ3n) is 11.5. The summed E-state index contributed by atoms with van der Waals surface area (Å²) in [6.45, 7) is 4.78. The van der Waals surface area contributed by atoms with Crippen molar-refractivity contribution < 1.29 is 28.9 Å². The number of aliphatic hydroxyl groups excluding tert-OH is 1. The summed E-state index contributed by atoms with van der Waals surface area (Å²) in [7, 11) is 0. The Morgan fingerprint density at radius 1 is 1.20 bits per heavy atom. The van der Waals surface area contributed by atoms with Crippen molar-refractivity contribution in [1.29, 1.82) is 0 Å². The molecule has 0 amide bonds. The Hall–Kier alpha value is -3.20. The lowest BCUT2D eigenvalue weighted by Gasteiger charge is -2.59. The Labute approximate surface area is 239 Å². The molecule has 1 aromatic heterocycles. The van der Waals surface area contributed by atoms with Gasteiger partial charge in [-0.15, -0.1) is 0 Å². The number of nitrogens with two attached hydrogens (primary N) is 1. The molecule has 1 spiro atoms. The number of aromatic nitrogens is 1.